The van der Waals surface area contributed by atoms with Crippen LogP contribution in [0, 0.1) is 0 Å². The van der Waals surface area contributed by atoms with Gasteiger partial charge in [-0.15, -0.1) is 0 Å². The van der Waals surface area contributed by atoms with E-state index in [1.807, 2.05) is 6.07 Å². The van der Waals surface area contributed by atoms with E-state index in [2.05, 4.69) is 5.10 Å². The maximum Gasteiger partial charge on any atom is 0.122 e. The molecule has 1 heterocycles. The third kappa shape index (κ3) is 2.05. The Labute approximate surface area is 95.2 Å². The van der Waals surface area contributed by atoms with Crippen molar-refractivity contribution in [3.8, 4) is 0 Å². The van der Waals surface area contributed by atoms with Crippen molar-refractivity contribution in [2.45, 2.75) is 37.8 Å². The largest absolute Gasteiger partial charge is 0.394 e. The molecule has 0 aromatic carbocycles. The summed E-state index contributed by atoms with van der Waals surface area (Å²) in [4.78, 5) is 0. The Kier molecular flexibility index (Phi) is 3.16. The molecule has 0 saturated heterocycles. The Morgan fingerprint density at radius 1 is 1.62 bits per heavy atom. The number of aromatic nitrogens is 2. The number of nitrogens with zero attached hydrogens (tertiary/aromatic N) is 2. The minimum Gasteiger partial charge on any atom is -0.394 e. The lowest BCUT2D eigenvalue weighted by Gasteiger charge is -2.40. The van der Waals surface area contributed by atoms with E-state index >= 15 is 0 Å². The lowest BCUT2D eigenvalue weighted by molar-refractivity contribution is -0.0715. The van der Waals surface area contributed by atoms with Crippen LogP contribution in [-0.4, -0.2) is 34.2 Å². The Morgan fingerprint density at radius 2 is 2.38 bits per heavy atom. The van der Waals surface area contributed by atoms with Crippen molar-refractivity contribution in [3.63, 3.8) is 0 Å². The molecule has 1 aliphatic rings. The van der Waals surface area contributed by atoms with Gasteiger partial charge < -0.3 is 15.6 Å². The fourth-order valence-corrected chi connectivity index (χ4v) is 2.20. The van der Waals surface area contributed by atoms with Crippen molar-refractivity contribution in [1.29, 1.82) is 0 Å². The fraction of sp³-hybridized carbons (Fsp3) is 0.727. The van der Waals surface area contributed by atoms with Gasteiger partial charge in [0.2, 0.25) is 0 Å². The van der Waals surface area contributed by atoms with Crippen LogP contribution in [0.4, 0.5) is 5.82 Å². The van der Waals surface area contributed by atoms with Gasteiger partial charge in [0.05, 0.1) is 24.4 Å². The number of nitrogen functional groups attached to an aromatic ring is 1. The van der Waals surface area contributed by atoms with E-state index in [1.165, 1.54) is 6.42 Å². The summed E-state index contributed by atoms with van der Waals surface area (Å²) in [5.74, 6) is 0.606. The summed E-state index contributed by atoms with van der Waals surface area (Å²) in [6, 6.07) is 1.87. The van der Waals surface area contributed by atoms with E-state index in [1.54, 1.807) is 11.8 Å². The normalized spacial score (nSPS) is 18.4. The molecule has 5 nitrogen and oxygen atoms in total. The average molecular weight is 225 g/mol. The molecule has 0 aliphatic heterocycles. The molecule has 0 spiro atoms. The van der Waals surface area contributed by atoms with Crippen LogP contribution in [0.3, 0.4) is 0 Å². The van der Waals surface area contributed by atoms with Gasteiger partial charge in [0.15, 0.2) is 0 Å². The molecule has 1 aromatic rings. The molecule has 90 valence electrons. The van der Waals surface area contributed by atoms with E-state index in [0.717, 1.165) is 25.0 Å². The molecule has 2 rings (SSSR count). The predicted molar refractivity (Wildman–Crippen MR) is 61.0 cm³/mol. The van der Waals surface area contributed by atoms with Gasteiger partial charge in [-0.25, -0.2) is 4.68 Å². The van der Waals surface area contributed by atoms with E-state index in [4.69, 9.17) is 15.6 Å². The van der Waals surface area contributed by atoms with Gasteiger partial charge in [0.25, 0.3) is 0 Å². The summed E-state index contributed by atoms with van der Waals surface area (Å²) >= 11 is 0. The van der Waals surface area contributed by atoms with Crippen LogP contribution < -0.4 is 5.73 Å². The third-order valence-electron chi connectivity index (χ3n) is 3.37. The molecule has 1 aromatic heterocycles. The SMILES string of the molecule is COC1(Cc2cc(N)n(CCO)n2)CCC1. The number of hydrogen-bond acceptors (Lipinski definition) is 4. The van der Waals surface area contributed by atoms with Crippen molar-refractivity contribution in [1.82, 2.24) is 9.78 Å². The second-order valence-electron chi connectivity index (χ2n) is 4.42. The molecule has 0 atom stereocenters. The Balaban J connectivity index is 2.06. The first-order valence-electron chi connectivity index (χ1n) is 5.67. The summed E-state index contributed by atoms with van der Waals surface area (Å²) in [6.07, 6.45) is 4.22. The van der Waals surface area contributed by atoms with Crippen LogP contribution in [0.5, 0.6) is 0 Å². The molecular formula is C11H19N3O2. The van der Waals surface area contributed by atoms with Crippen LogP contribution >= 0.6 is 0 Å². The molecular weight excluding hydrogens is 206 g/mol. The van der Waals surface area contributed by atoms with Crippen molar-refractivity contribution < 1.29 is 9.84 Å². The smallest absolute Gasteiger partial charge is 0.122 e. The van der Waals surface area contributed by atoms with E-state index in [9.17, 15) is 0 Å². The van der Waals surface area contributed by atoms with Crippen molar-refractivity contribution >= 4 is 5.82 Å². The van der Waals surface area contributed by atoms with Gasteiger partial charge in [0.1, 0.15) is 5.82 Å². The molecule has 16 heavy (non-hydrogen) atoms. The molecule has 0 unspecified atom stereocenters. The first-order valence-corrected chi connectivity index (χ1v) is 5.67. The highest BCUT2D eigenvalue weighted by molar-refractivity contribution is 5.31. The zero-order valence-corrected chi connectivity index (χ0v) is 9.65. The molecule has 5 heteroatoms. The van der Waals surface area contributed by atoms with Crippen molar-refractivity contribution in [3.05, 3.63) is 11.8 Å². The number of hydrogen-bond donors (Lipinski definition) is 2. The number of anilines is 1. The third-order valence-corrected chi connectivity index (χ3v) is 3.37. The molecule has 0 bridgehead atoms. The summed E-state index contributed by atoms with van der Waals surface area (Å²) < 4.78 is 7.18. The maximum atomic E-state index is 8.85. The first kappa shape index (κ1) is 11.4. The monoisotopic (exact) mass is 225 g/mol. The number of aliphatic hydroxyl groups is 1. The van der Waals surface area contributed by atoms with Gasteiger partial charge in [-0.1, -0.05) is 0 Å². The van der Waals surface area contributed by atoms with Gasteiger partial charge in [-0.3, -0.25) is 0 Å². The summed E-state index contributed by atoms with van der Waals surface area (Å²) in [6.45, 7) is 0.507. The van der Waals surface area contributed by atoms with E-state index < -0.39 is 0 Å². The van der Waals surface area contributed by atoms with Crippen LogP contribution in [0.15, 0.2) is 6.07 Å². The summed E-state index contributed by atoms with van der Waals surface area (Å²) in [5.41, 5.74) is 6.72. The van der Waals surface area contributed by atoms with Crippen LogP contribution in [0.1, 0.15) is 25.0 Å². The second kappa shape index (κ2) is 4.43. The molecule has 0 radical (unpaired) electrons. The summed E-state index contributed by atoms with van der Waals surface area (Å²) in [7, 11) is 1.76. The molecule has 3 N–H and O–H groups in total. The van der Waals surface area contributed by atoms with Crippen LogP contribution in [-0.2, 0) is 17.7 Å². The van der Waals surface area contributed by atoms with Gasteiger partial charge in [0, 0.05) is 19.6 Å². The number of methoxy groups -OCH3 is 1. The number of ether oxygens (including phenoxy) is 1. The number of aliphatic hydroxyl groups excluding tert-OH is 1. The molecule has 0 amide bonds. The highest BCUT2D eigenvalue weighted by Crippen LogP contribution is 2.37. The number of nitrogens with two attached hydrogens (primary N) is 1. The maximum absolute atomic E-state index is 8.85. The van der Waals surface area contributed by atoms with Crippen LogP contribution in [0.25, 0.3) is 0 Å². The van der Waals surface area contributed by atoms with E-state index in [0.29, 0.717) is 12.4 Å². The second-order valence-corrected chi connectivity index (χ2v) is 4.42. The van der Waals surface area contributed by atoms with Crippen LogP contribution in [0.2, 0.25) is 0 Å². The lowest BCUT2D eigenvalue weighted by atomic mass is 9.77. The highest BCUT2D eigenvalue weighted by atomic mass is 16.5. The molecule has 1 saturated carbocycles. The fourth-order valence-electron chi connectivity index (χ4n) is 2.20. The Morgan fingerprint density at radius 3 is 2.88 bits per heavy atom. The topological polar surface area (TPSA) is 73.3 Å². The van der Waals surface area contributed by atoms with Gasteiger partial charge in [-0.05, 0) is 19.3 Å². The highest BCUT2D eigenvalue weighted by Gasteiger charge is 2.37. The molecule has 1 aliphatic carbocycles. The summed E-state index contributed by atoms with van der Waals surface area (Å²) in [5, 5.41) is 13.2. The first-order chi connectivity index (χ1) is 7.69. The van der Waals surface area contributed by atoms with Gasteiger partial charge in [-0.2, -0.15) is 5.10 Å². The zero-order valence-electron chi connectivity index (χ0n) is 9.65. The standard InChI is InChI=1S/C11H19N3O2/c1-16-11(3-2-4-11)8-9-7-10(12)14(13-9)5-6-15/h7,15H,2-6,8,12H2,1H3. The van der Waals surface area contributed by atoms with E-state index in [-0.39, 0.29) is 12.2 Å². The van der Waals surface area contributed by atoms with Gasteiger partial charge >= 0.3 is 0 Å². The molecule has 1 fully saturated rings. The Bertz CT molecular complexity index is 353. The van der Waals surface area contributed by atoms with Crippen molar-refractivity contribution in [2.24, 2.45) is 0 Å². The Hall–Kier alpha value is -1.07. The van der Waals surface area contributed by atoms with Crippen molar-refractivity contribution in [2.75, 3.05) is 19.5 Å². The predicted octanol–water partition coefficient (Wildman–Crippen LogP) is 0.569. The minimum atomic E-state index is -0.0230. The quantitative estimate of drug-likeness (QED) is 0.768. The average Bonchev–Trinajstić information content (AvgIpc) is 2.54. The minimum absolute atomic E-state index is 0.0230. The zero-order chi connectivity index (χ0) is 11.6. The number of rotatable bonds is 5. The lowest BCUT2D eigenvalue weighted by Crippen LogP contribution is -2.41.